The first-order valence-corrected chi connectivity index (χ1v) is 6.17. The molecule has 0 spiro atoms. The number of nitrogens with one attached hydrogen (secondary N) is 5. The molecule has 0 aromatic carbocycles. The molecule has 0 radical (unpaired) electrons. The summed E-state index contributed by atoms with van der Waals surface area (Å²) in [5.74, 6) is 0.612. The lowest BCUT2D eigenvalue weighted by Gasteiger charge is -2.20. The van der Waals surface area contributed by atoms with Gasteiger partial charge in [0.05, 0.1) is 23.8 Å². The third-order valence-electron chi connectivity index (χ3n) is 3.47. The van der Waals surface area contributed by atoms with E-state index in [2.05, 4.69) is 35.2 Å². The number of rotatable bonds is 1. The Morgan fingerprint density at radius 3 is 3.00 bits per heavy atom. The third-order valence-corrected chi connectivity index (χ3v) is 3.47. The first-order valence-electron chi connectivity index (χ1n) is 6.17. The van der Waals surface area contributed by atoms with Gasteiger partial charge in [-0.05, 0) is 0 Å². The number of fused-ring (bicyclic) bond motifs is 2. The first-order chi connectivity index (χ1) is 9.70. The summed E-state index contributed by atoms with van der Waals surface area (Å²) in [6, 6.07) is -0.0684. The van der Waals surface area contributed by atoms with Crippen LogP contribution >= 0.6 is 0 Å². The molecule has 1 aliphatic rings. The Kier molecular flexibility index (Phi) is 2.18. The minimum atomic E-state index is -0.563. The molecule has 3 aromatic heterocycles. The van der Waals surface area contributed by atoms with Crippen molar-refractivity contribution in [1.82, 2.24) is 35.2 Å². The Balaban J connectivity index is 1.78. The van der Waals surface area contributed by atoms with E-state index in [0.29, 0.717) is 18.8 Å². The van der Waals surface area contributed by atoms with E-state index < -0.39 is 11.2 Å². The van der Waals surface area contributed by atoms with Gasteiger partial charge in [-0.2, -0.15) is 0 Å². The molecule has 4 heterocycles. The summed E-state index contributed by atoms with van der Waals surface area (Å²) in [6.07, 6.45) is 2.33. The van der Waals surface area contributed by atoms with Crippen LogP contribution in [0.2, 0.25) is 0 Å². The average Bonchev–Trinajstić information content (AvgIpc) is 3.03. The van der Waals surface area contributed by atoms with Crippen LogP contribution in [0.1, 0.15) is 23.3 Å². The standard InChI is InChI=1S/C11H11N7O2/c19-10-7-9(17-11(20)18-10)16-8(15-7)5-1-4-6(2-12-5)14-3-13-4/h3,5,12H,1-2H2,(H,13,14)(H3,15,16,17,18,19,20). The Morgan fingerprint density at radius 2 is 2.10 bits per heavy atom. The van der Waals surface area contributed by atoms with Crippen molar-refractivity contribution in [3.63, 3.8) is 0 Å². The molecule has 9 heteroatoms. The molecule has 0 saturated heterocycles. The summed E-state index contributed by atoms with van der Waals surface area (Å²) in [5, 5.41) is 3.30. The monoisotopic (exact) mass is 273 g/mol. The molecule has 9 nitrogen and oxygen atoms in total. The highest BCUT2D eigenvalue weighted by Gasteiger charge is 2.24. The zero-order valence-electron chi connectivity index (χ0n) is 10.3. The van der Waals surface area contributed by atoms with Gasteiger partial charge in [0.15, 0.2) is 5.65 Å². The van der Waals surface area contributed by atoms with Crippen LogP contribution in [0.4, 0.5) is 0 Å². The number of hydrogen-bond donors (Lipinski definition) is 5. The number of hydrogen-bond acceptors (Lipinski definition) is 5. The molecule has 102 valence electrons. The quantitative estimate of drug-likeness (QED) is 0.389. The lowest BCUT2D eigenvalue weighted by atomic mass is 10.1. The van der Waals surface area contributed by atoms with E-state index in [0.717, 1.165) is 11.4 Å². The fourth-order valence-electron chi connectivity index (χ4n) is 2.48. The van der Waals surface area contributed by atoms with Crippen LogP contribution in [0.25, 0.3) is 11.2 Å². The second-order valence-corrected chi connectivity index (χ2v) is 4.72. The molecule has 3 aromatic rings. The van der Waals surface area contributed by atoms with Crippen LogP contribution in [-0.4, -0.2) is 29.9 Å². The Bertz CT molecular complexity index is 899. The lowest BCUT2D eigenvalue weighted by Crippen LogP contribution is -2.29. The first kappa shape index (κ1) is 11.2. The van der Waals surface area contributed by atoms with Gasteiger partial charge in [-0.3, -0.25) is 14.8 Å². The van der Waals surface area contributed by atoms with Crippen LogP contribution in [0.5, 0.6) is 0 Å². The molecule has 0 bridgehead atoms. The Hall–Kier alpha value is -2.68. The molecule has 1 unspecified atom stereocenters. The van der Waals surface area contributed by atoms with Crippen LogP contribution < -0.4 is 16.6 Å². The molecule has 0 saturated carbocycles. The second-order valence-electron chi connectivity index (χ2n) is 4.72. The molecule has 0 amide bonds. The SMILES string of the molecule is O=c1[nH]c(=O)c2[nH]c(C3Cc4nc[nH]c4CN3)nc2[nH]1. The minimum absolute atomic E-state index is 0.0684. The zero-order chi connectivity index (χ0) is 13.7. The van der Waals surface area contributed by atoms with E-state index in [1.54, 1.807) is 6.33 Å². The van der Waals surface area contributed by atoms with Gasteiger partial charge < -0.3 is 15.3 Å². The topological polar surface area (TPSA) is 135 Å². The van der Waals surface area contributed by atoms with Gasteiger partial charge in [0.25, 0.3) is 5.56 Å². The van der Waals surface area contributed by atoms with Gasteiger partial charge in [0.1, 0.15) is 11.3 Å². The number of aromatic amines is 4. The average molecular weight is 273 g/mol. The number of imidazole rings is 2. The van der Waals surface area contributed by atoms with Crippen molar-refractivity contribution in [2.24, 2.45) is 0 Å². The molecular formula is C11H11N7O2. The maximum Gasteiger partial charge on any atom is 0.327 e. The van der Waals surface area contributed by atoms with Gasteiger partial charge in [0, 0.05) is 13.0 Å². The highest BCUT2D eigenvalue weighted by molar-refractivity contribution is 5.68. The predicted molar refractivity (Wildman–Crippen MR) is 69.2 cm³/mol. The number of aromatic nitrogens is 6. The molecule has 5 N–H and O–H groups in total. The van der Waals surface area contributed by atoms with E-state index in [1.165, 1.54) is 0 Å². The van der Waals surface area contributed by atoms with Crippen LogP contribution in [0, 0.1) is 0 Å². The van der Waals surface area contributed by atoms with Crippen molar-refractivity contribution in [3.8, 4) is 0 Å². The van der Waals surface area contributed by atoms with Crippen molar-refractivity contribution < 1.29 is 0 Å². The van der Waals surface area contributed by atoms with Crippen LogP contribution in [0.15, 0.2) is 15.9 Å². The van der Waals surface area contributed by atoms with E-state index in [9.17, 15) is 9.59 Å². The molecule has 20 heavy (non-hydrogen) atoms. The highest BCUT2D eigenvalue weighted by atomic mass is 16.2. The summed E-state index contributed by atoms with van der Waals surface area (Å²) < 4.78 is 0. The minimum Gasteiger partial charge on any atom is -0.347 e. The van der Waals surface area contributed by atoms with Crippen molar-refractivity contribution >= 4 is 11.2 Å². The van der Waals surface area contributed by atoms with E-state index >= 15 is 0 Å². The normalized spacial score (nSPS) is 18.3. The molecule has 4 rings (SSSR count). The van der Waals surface area contributed by atoms with E-state index in [-0.39, 0.29) is 17.2 Å². The zero-order valence-corrected chi connectivity index (χ0v) is 10.3. The van der Waals surface area contributed by atoms with Gasteiger partial charge >= 0.3 is 5.69 Å². The lowest BCUT2D eigenvalue weighted by molar-refractivity contribution is 0.472. The van der Waals surface area contributed by atoms with Crippen molar-refractivity contribution in [2.45, 2.75) is 19.0 Å². The fourth-order valence-corrected chi connectivity index (χ4v) is 2.48. The van der Waals surface area contributed by atoms with E-state index in [4.69, 9.17) is 0 Å². The van der Waals surface area contributed by atoms with Gasteiger partial charge in [-0.1, -0.05) is 0 Å². The van der Waals surface area contributed by atoms with Crippen LogP contribution in [0.3, 0.4) is 0 Å². The van der Waals surface area contributed by atoms with Crippen molar-refractivity contribution in [2.75, 3.05) is 0 Å². The summed E-state index contributed by atoms with van der Waals surface area (Å²) in [5.41, 5.74) is 1.54. The van der Waals surface area contributed by atoms with E-state index in [1.807, 2.05) is 0 Å². The summed E-state index contributed by atoms with van der Waals surface area (Å²) >= 11 is 0. The van der Waals surface area contributed by atoms with Gasteiger partial charge in [-0.15, -0.1) is 0 Å². The largest absolute Gasteiger partial charge is 0.347 e. The molecule has 1 atom stereocenters. The van der Waals surface area contributed by atoms with Crippen molar-refractivity contribution in [1.29, 1.82) is 0 Å². The maximum absolute atomic E-state index is 11.7. The number of nitrogens with zero attached hydrogens (tertiary/aromatic N) is 2. The van der Waals surface area contributed by atoms with Gasteiger partial charge in [0.2, 0.25) is 0 Å². The van der Waals surface area contributed by atoms with Crippen molar-refractivity contribution in [3.05, 3.63) is 44.4 Å². The fraction of sp³-hybridized carbons (Fsp3) is 0.273. The molecule has 0 fully saturated rings. The smallest absolute Gasteiger partial charge is 0.327 e. The Labute approximate surface area is 110 Å². The van der Waals surface area contributed by atoms with Gasteiger partial charge in [-0.25, -0.2) is 14.8 Å². The summed E-state index contributed by atoms with van der Waals surface area (Å²) in [4.78, 5) is 42.1. The summed E-state index contributed by atoms with van der Waals surface area (Å²) in [7, 11) is 0. The molecular weight excluding hydrogens is 262 g/mol. The highest BCUT2D eigenvalue weighted by Crippen LogP contribution is 2.22. The number of H-pyrrole nitrogens is 4. The molecule has 1 aliphatic heterocycles. The second kappa shape index (κ2) is 3.90. The van der Waals surface area contributed by atoms with Crippen LogP contribution in [-0.2, 0) is 13.0 Å². The Morgan fingerprint density at radius 1 is 1.20 bits per heavy atom. The third kappa shape index (κ3) is 1.60. The predicted octanol–water partition coefficient (Wildman–Crippen LogP) is -0.950. The molecule has 0 aliphatic carbocycles. The maximum atomic E-state index is 11.7. The summed E-state index contributed by atoms with van der Waals surface area (Å²) in [6.45, 7) is 0.657.